The summed E-state index contributed by atoms with van der Waals surface area (Å²) in [4.78, 5) is 15.8. The first-order valence-electron chi connectivity index (χ1n) is 8.70. The van der Waals surface area contributed by atoms with Gasteiger partial charge in [-0.1, -0.05) is 11.6 Å². The molecular weight excluding hydrogens is 312 g/mol. The van der Waals surface area contributed by atoms with E-state index >= 15 is 0 Å². The minimum absolute atomic E-state index is 0.0599. The number of hydrogen-bond acceptors (Lipinski definition) is 2. The monoisotopic (exact) mass is 338 g/mol. The van der Waals surface area contributed by atoms with Gasteiger partial charge in [-0.25, -0.2) is 0 Å². The van der Waals surface area contributed by atoms with Gasteiger partial charge in [-0.2, -0.15) is 5.10 Å². The number of rotatable bonds is 5. The van der Waals surface area contributed by atoms with Gasteiger partial charge < -0.3 is 10.3 Å². The lowest BCUT2D eigenvalue weighted by Gasteiger charge is -2.07. The predicted molar refractivity (Wildman–Crippen MR) is 101 cm³/mol. The Bertz CT molecular complexity index is 933. The second-order valence-electron chi connectivity index (χ2n) is 6.83. The Labute approximate surface area is 148 Å². The van der Waals surface area contributed by atoms with Gasteiger partial charge >= 0.3 is 0 Å². The number of aryl methyl sites for hydroxylation is 4. The van der Waals surface area contributed by atoms with E-state index < -0.39 is 0 Å². The zero-order valence-corrected chi connectivity index (χ0v) is 15.7. The molecule has 0 aliphatic heterocycles. The molecule has 0 saturated carbocycles. The molecule has 2 heterocycles. The predicted octanol–water partition coefficient (Wildman–Crippen LogP) is 3.04. The largest absolute Gasteiger partial charge is 0.358 e. The Morgan fingerprint density at radius 2 is 1.96 bits per heavy atom. The van der Waals surface area contributed by atoms with Crippen molar-refractivity contribution in [1.82, 2.24) is 20.1 Å². The van der Waals surface area contributed by atoms with Crippen molar-refractivity contribution in [2.45, 2.75) is 40.5 Å². The molecule has 2 N–H and O–H groups in total. The highest BCUT2D eigenvalue weighted by Gasteiger charge is 2.13. The van der Waals surface area contributed by atoms with Crippen molar-refractivity contribution in [2.75, 3.05) is 6.54 Å². The van der Waals surface area contributed by atoms with E-state index in [9.17, 15) is 4.79 Å². The SMILES string of the molecule is Cc1ccc2[nH]c(C)c(CC(=O)NCCc3c(C)nn(C)c3C)c2c1. The van der Waals surface area contributed by atoms with E-state index in [4.69, 9.17) is 0 Å². The number of nitrogens with zero attached hydrogens (tertiary/aromatic N) is 2. The van der Waals surface area contributed by atoms with Crippen LogP contribution in [0, 0.1) is 27.7 Å². The van der Waals surface area contributed by atoms with E-state index in [1.807, 2.05) is 25.6 Å². The number of aromatic nitrogens is 3. The molecule has 0 aliphatic rings. The number of aromatic amines is 1. The molecular formula is C20H26N4O. The summed E-state index contributed by atoms with van der Waals surface area (Å²) in [5.41, 5.74) is 7.87. The minimum atomic E-state index is 0.0599. The molecule has 5 heteroatoms. The number of amides is 1. The van der Waals surface area contributed by atoms with Crippen molar-refractivity contribution in [1.29, 1.82) is 0 Å². The van der Waals surface area contributed by atoms with Crippen LogP contribution < -0.4 is 5.32 Å². The van der Waals surface area contributed by atoms with Crippen molar-refractivity contribution in [3.63, 3.8) is 0 Å². The second-order valence-corrected chi connectivity index (χ2v) is 6.83. The Kier molecular flexibility index (Phi) is 4.66. The number of benzene rings is 1. The topological polar surface area (TPSA) is 62.7 Å². The fraction of sp³-hybridized carbons (Fsp3) is 0.400. The zero-order valence-electron chi connectivity index (χ0n) is 15.7. The van der Waals surface area contributed by atoms with Crippen LogP contribution >= 0.6 is 0 Å². The van der Waals surface area contributed by atoms with E-state index in [1.54, 1.807) is 0 Å². The highest BCUT2D eigenvalue weighted by atomic mass is 16.1. The number of carbonyl (C=O) groups excluding carboxylic acids is 1. The van der Waals surface area contributed by atoms with Gasteiger partial charge in [0.05, 0.1) is 12.1 Å². The molecule has 0 bridgehead atoms. The molecule has 132 valence electrons. The first kappa shape index (κ1) is 17.3. The van der Waals surface area contributed by atoms with Crippen LogP contribution in [-0.2, 0) is 24.7 Å². The smallest absolute Gasteiger partial charge is 0.224 e. The lowest BCUT2D eigenvalue weighted by Crippen LogP contribution is -2.27. The van der Waals surface area contributed by atoms with E-state index in [2.05, 4.69) is 47.4 Å². The molecule has 0 radical (unpaired) electrons. The van der Waals surface area contributed by atoms with Crippen LogP contribution in [0.5, 0.6) is 0 Å². The van der Waals surface area contributed by atoms with Gasteiger partial charge in [0.2, 0.25) is 5.91 Å². The minimum Gasteiger partial charge on any atom is -0.358 e. The third-order valence-electron chi connectivity index (χ3n) is 4.97. The van der Waals surface area contributed by atoms with E-state index in [0.29, 0.717) is 13.0 Å². The van der Waals surface area contributed by atoms with E-state index in [0.717, 1.165) is 40.0 Å². The van der Waals surface area contributed by atoms with E-state index in [1.165, 1.54) is 11.1 Å². The maximum absolute atomic E-state index is 12.4. The maximum atomic E-state index is 12.4. The summed E-state index contributed by atoms with van der Waals surface area (Å²) >= 11 is 0. The molecule has 5 nitrogen and oxygen atoms in total. The first-order valence-corrected chi connectivity index (χ1v) is 8.70. The summed E-state index contributed by atoms with van der Waals surface area (Å²) in [6.07, 6.45) is 1.21. The number of fused-ring (bicyclic) bond motifs is 1. The van der Waals surface area contributed by atoms with Crippen LogP contribution in [0.2, 0.25) is 0 Å². The Morgan fingerprint density at radius 1 is 1.20 bits per heavy atom. The Balaban J connectivity index is 1.65. The molecule has 0 unspecified atom stereocenters. The van der Waals surface area contributed by atoms with Gasteiger partial charge in [0.25, 0.3) is 0 Å². The van der Waals surface area contributed by atoms with Crippen LogP contribution in [0.4, 0.5) is 0 Å². The first-order chi connectivity index (χ1) is 11.9. The van der Waals surface area contributed by atoms with Gasteiger partial charge in [0, 0.05) is 35.9 Å². The lowest BCUT2D eigenvalue weighted by atomic mass is 10.1. The Hall–Kier alpha value is -2.56. The standard InChI is InChI=1S/C20H26N4O/c1-12-6-7-19-18(10-12)17(13(2)22-19)11-20(25)21-9-8-16-14(3)23-24(5)15(16)4/h6-7,10,22H,8-9,11H2,1-5H3,(H,21,25). The number of hydrogen-bond donors (Lipinski definition) is 2. The average molecular weight is 338 g/mol. The zero-order chi connectivity index (χ0) is 18.1. The van der Waals surface area contributed by atoms with Gasteiger partial charge in [-0.3, -0.25) is 9.48 Å². The number of nitrogens with one attached hydrogen (secondary N) is 2. The molecule has 0 spiro atoms. The fourth-order valence-corrected chi connectivity index (χ4v) is 3.45. The molecule has 0 aliphatic carbocycles. The number of H-pyrrole nitrogens is 1. The van der Waals surface area contributed by atoms with Crippen LogP contribution in [0.3, 0.4) is 0 Å². The van der Waals surface area contributed by atoms with Gasteiger partial charge in [0.1, 0.15) is 0 Å². The molecule has 3 rings (SSSR count). The number of carbonyl (C=O) groups is 1. The molecule has 0 saturated heterocycles. The van der Waals surface area contributed by atoms with Gasteiger partial charge in [0.15, 0.2) is 0 Å². The third-order valence-corrected chi connectivity index (χ3v) is 4.97. The van der Waals surface area contributed by atoms with E-state index in [-0.39, 0.29) is 5.91 Å². The van der Waals surface area contributed by atoms with Crippen molar-refractivity contribution in [3.8, 4) is 0 Å². The summed E-state index contributed by atoms with van der Waals surface area (Å²) < 4.78 is 1.89. The fourth-order valence-electron chi connectivity index (χ4n) is 3.45. The second kappa shape index (κ2) is 6.75. The molecule has 2 aromatic heterocycles. The molecule has 3 aromatic rings. The average Bonchev–Trinajstić information content (AvgIpc) is 2.98. The lowest BCUT2D eigenvalue weighted by molar-refractivity contribution is -0.120. The molecule has 1 aromatic carbocycles. The van der Waals surface area contributed by atoms with Crippen LogP contribution in [0.15, 0.2) is 18.2 Å². The van der Waals surface area contributed by atoms with Crippen molar-refractivity contribution in [3.05, 3.63) is 52.0 Å². The summed E-state index contributed by atoms with van der Waals surface area (Å²) in [6, 6.07) is 6.30. The summed E-state index contributed by atoms with van der Waals surface area (Å²) in [5.74, 6) is 0.0599. The van der Waals surface area contributed by atoms with Gasteiger partial charge in [-0.15, -0.1) is 0 Å². The van der Waals surface area contributed by atoms with Crippen molar-refractivity contribution < 1.29 is 4.79 Å². The quantitative estimate of drug-likeness (QED) is 0.751. The highest BCUT2D eigenvalue weighted by molar-refractivity contribution is 5.90. The molecule has 0 fully saturated rings. The van der Waals surface area contributed by atoms with Crippen molar-refractivity contribution in [2.24, 2.45) is 7.05 Å². The summed E-state index contributed by atoms with van der Waals surface area (Å²) in [7, 11) is 1.95. The molecule has 25 heavy (non-hydrogen) atoms. The maximum Gasteiger partial charge on any atom is 0.224 e. The summed E-state index contributed by atoms with van der Waals surface area (Å²) in [5, 5.41) is 8.62. The normalized spacial score (nSPS) is 11.2. The van der Waals surface area contributed by atoms with Gasteiger partial charge in [-0.05, 0) is 57.4 Å². The Morgan fingerprint density at radius 3 is 2.64 bits per heavy atom. The van der Waals surface area contributed by atoms with Crippen LogP contribution in [0.25, 0.3) is 10.9 Å². The highest BCUT2D eigenvalue weighted by Crippen LogP contribution is 2.23. The van der Waals surface area contributed by atoms with Crippen molar-refractivity contribution >= 4 is 16.8 Å². The molecule has 0 atom stereocenters. The van der Waals surface area contributed by atoms with Crippen LogP contribution in [-0.4, -0.2) is 27.2 Å². The third kappa shape index (κ3) is 3.45. The van der Waals surface area contributed by atoms with Crippen LogP contribution in [0.1, 0.15) is 33.8 Å². The molecule has 1 amide bonds. The summed E-state index contributed by atoms with van der Waals surface area (Å²) in [6.45, 7) is 8.81.